The zero-order chi connectivity index (χ0) is 20.6. The van der Waals surface area contributed by atoms with Gasteiger partial charge in [-0.2, -0.15) is 0 Å². The second kappa shape index (κ2) is 12.7. The van der Waals surface area contributed by atoms with Crippen LogP contribution in [0.15, 0.2) is 29.3 Å². The van der Waals surface area contributed by atoms with E-state index in [1.165, 1.54) is 6.07 Å². The summed E-state index contributed by atoms with van der Waals surface area (Å²) in [7, 11) is 3.48. The molecule has 1 saturated heterocycles. The van der Waals surface area contributed by atoms with Crippen LogP contribution in [0.3, 0.4) is 0 Å². The van der Waals surface area contributed by atoms with Crippen molar-refractivity contribution in [3.05, 3.63) is 35.6 Å². The summed E-state index contributed by atoms with van der Waals surface area (Å²) in [5.41, 5.74) is 0.979. The average Bonchev–Trinajstić information content (AvgIpc) is 2.67. The van der Waals surface area contributed by atoms with Gasteiger partial charge in [-0.05, 0) is 23.1 Å². The van der Waals surface area contributed by atoms with Gasteiger partial charge >= 0.3 is 0 Å². The Labute approximate surface area is 191 Å². The number of methoxy groups -OCH3 is 1. The zero-order valence-corrected chi connectivity index (χ0v) is 20.5. The van der Waals surface area contributed by atoms with Crippen molar-refractivity contribution in [1.82, 2.24) is 15.5 Å². The van der Waals surface area contributed by atoms with E-state index in [0.29, 0.717) is 32.3 Å². The predicted molar refractivity (Wildman–Crippen MR) is 127 cm³/mol. The van der Waals surface area contributed by atoms with Crippen LogP contribution in [0.1, 0.15) is 32.4 Å². The highest BCUT2D eigenvalue weighted by Crippen LogP contribution is 2.22. The molecule has 1 heterocycles. The van der Waals surface area contributed by atoms with Gasteiger partial charge in [0.25, 0.3) is 0 Å². The van der Waals surface area contributed by atoms with Crippen molar-refractivity contribution in [3.63, 3.8) is 0 Å². The third-order valence-corrected chi connectivity index (χ3v) is 5.11. The fourth-order valence-corrected chi connectivity index (χ4v) is 3.41. The molecule has 29 heavy (non-hydrogen) atoms. The summed E-state index contributed by atoms with van der Waals surface area (Å²) in [6.07, 6.45) is 0.0595. The van der Waals surface area contributed by atoms with Crippen LogP contribution < -0.4 is 10.6 Å². The van der Waals surface area contributed by atoms with Crippen LogP contribution in [0.5, 0.6) is 0 Å². The summed E-state index contributed by atoms with van der Waals surface area (Å²) in [5, 5.41) is 6.74. The van der Waals surface area contributed by atoms with Crippen LogP contribution in [0.4, 0.5) is 4.39 Å². The topological polar surface area (TPSA) is 58.1 Å². The summed E-state index contributed by atoms with van der Waals surface area (Å²) >= 11 is 0. The van der Waals surface area contributed by atoms with Crippen LogP contribution in [0, 0.1) is 11.2 Å². The van der Waals surface area contributed by atoms with E-state index in [0.717, 1.165) is 18.7 Å². The molecule has 0 bridgehead atoms. The minimum absolute atomic E-state index is 0. The van der Waals surface area contributed by atoms with Crippen LogP contribution in [0.25, 0.3) is 0 Å². The normalized spacial score (nSPS) is 17.9. The first-order valence-corrected chi connectivity index (χ1v) is 9.89. The molecule has 6 nitrogen and oxygen atoms in total. The van der Waals surface area contributed by atoms with Gasteiger partial charge in [-0.1, -0.05) is 32.9 Å². The smallest absolute Gasteiger partial charge is 0.191 e. The first kappa shape index (κ1) is 26.1. The molecule has 2 unspecified atom stereocenters. The average molecular weight is 522 g/mol. The maximum absolute atomic E-state index is 13.8. The highest BCUT2D eigenvalue weighted by atomic mass is 127. The van der Waals surface area contributed by atoms with E-state index in [9.17, 15) is 4.39 Å². The summed E-state index contributed by atoms with van der Waals surface area (Å²) in [6.45, 7) is 10.8. The molecule has 2 rings (SSSR count). The first-order valence-electron chi connectivity index (χ1n) is 9.89. The Morgan fingerprint density at radius 3 is 2.45 bits per heavy atom. The van der Waals surface area contributed by atoms with E-state index >= 15 is 0 Å². The molecule has 1 fully saturated rings. The van der Waals surface area contributed by atoms with E-state index in [1.54, 1.807) is 26.3 Å². The Bertz CT molecular complexity index is 633. The number of guanidine groups is 1. The van der Waals surface area contributed by atoms with Crippen LogP contribution in [0.2, 0.25) is 0 Å². The second-order valence-electron chi connectivity index (χ2n) is 8.14. The van der Waals surface area contributed by atoms with Gasteiger partial charge in [0.05, 0.1) is 25.4 Å². The maximum atomic E-state index is 13.8. The van der Waals surface area contributed by atoms with E-state index in [4.69, 9.17) is 9.47 Å². The second-order valence-corrected chi connectivity index (χ2v) is 8.14. The Hall–Kier alpha value is -0.970. The number of halogens is 2. The molecule has 0 radical (unpaired) electrons. The maximum Gasteiger partial charge on any atom is 0.191 e. The third kappa shape index (κ3) is 8.35. The Morgan fingerprint density at radius 1 is 1.24 bits per heavy atom. The van der Waals surface area contributed by atoms with Gasteiger partial charge in [-0.25, -0.2) is 4.39 Å². The van der Waals surface area contributed by atoms with Crippen molar-refractivity contribution in [3.8, 4) is 0 Å². The number of rotatable bonds is 7. The highest BCUT2D eigenvalue weighted by Gasteiger charge is 2.25. The number of hydrogen-bond donors (Lipinski definition) is 2. The molecule has 0 aromatic heterocycles. The summed E-state index contributed by atoms with van der Waals surface area (Å²) in [4.78, 5) is 6.65. The quantitative estimate of drug-likeness (QED) is 0.328. The summed E-state index contributed by atoms with van der Waals surface area (Å²) < 4.78 is 24.9. The molecule has 166 valence electrons. The lowest BCUT2D eigenvalue weighted by Crippen LogP contribution is -2.48. The van der Waals surface area contributed by atoms with Crippen molar-refractivity contribution in [2.75, 3.05) is 53.6 Å². The number of hydrogen-bond acceptors (Lipinski definition) is 4. The molecule has 1 aromatic rings. The molecule has 0 amide bonds. The molecule has 1 aliphatic rings. The minimum Gasteiger partial charge on any atom is -0.379 e. The number of morpholine rings is 1. The van der Waals surface area contributed by atoms with E-state index < -0.39 is 0 Å². The predicted octanol–water partition coefficient (Wildman–Crippen LogP) is 3.04. The van der Waals surface area contributed by atoms with E-state index in [2.05, 4.69) is 41.3 Å². The van der Waals surface area contributed by atoms with Crippen molar-refractivity contribution < 1.29 is 13.9 Å². The third-order valence-electron chi connectivity index (χ3n) is 5.11. The van der Waals surface area contributed by atoms with E-state index in [-0.39, 0.29) is 47.4 Å². The monoisotopic (exact) mass is 522 g/mol. The number of benzene rings is 1. The van der Waals surface area contributed by atoms with Gasteiger partial charge in [-0.15, -0.1) is 24.0 Å². The number of nitrogens with zero attached hydrogens (tertiary/aromatic N) is 2. The highest BCUT2D eigenvalue weighted by molar-refractivity contribution is 14.0. The molecule has 0 spiro atoms. The first-order chi connectivity index (χ1) is 13.3. The Morgan fingerprint density at radius 2 is 1.90 bits per heavy atom. The zero-order valence-electron chi connectivity index (χ0n) is 18.2. The van der Waals surface area contributed by atoms with Gasteiger partial charge in [0.1, 0.15) is 5.82 Å². The van der Waals surface area contributed by atoms with Gasteiger partial charge in [0, 0.05) is 40.3 Å². The van der Waals surface area contributed by atoms with E-state index in [1.807, 2.05) is 6.07 Å². The molecule has 1 aromatic carbocycles. The largest absolute Gasteiger partial charge is 0.379 e. The fourth-order valence-electron chi connectivity index (χ4n) is 3.41. The van der Waals surface area contributed by atoms with Crippen LogP contribution >= 0.6 is 24.0 Å². The van der Waals surface area contributed by atoms with Crippen LogP contribution in [-0.4, -0.2) is 70.5 Å². The number of nitrogens with one attached hydrogen (secondary N) is 2. The molecule has 0 aliphatic carbocycles. The lowest BCUT2D eigenvalue weighted by atomic mass is 9.89. The Kier molecular flexibility index (Phi) is 11.4. The number of aliphatic imine (C=N–C) groups is 1. The molecule has 1 aliphatic heterocycles. The molecule has 0 saturated carbocycles. The summed E-state index contributed by atoms with van der Waals surface area (Å²) in [6, 6.07) is 6.86. The fraction of sp³-hybridized carbons (Fsp3) is 0.667. The van der Waals surface area contributed by atoms with Gasteiger partial charge in [-0.3, -0.25) is 9.89 Å². The van der Waals surface area contributed by atoms with Crippen molar-refractivity contribution >= 4 is 29.9 Å². The lowest BCUT2D eigenvalue weighted by Gasteiger charge is -2.35. The molecule has 8 heteroatoms. The van der Waals surface area contributed by atoms with Crippen molar-refractivity contribution in [1.29, 1.82) is 0 Å². The lowest BCUT2D eigenvalue weighted by molar-refractivity contribution is 0.0165. The van der Waals surface area contributed by atoms with Gasteiger partial charge < -0.3 is 20.1 Å². The summed E-state index contributed by atoms with van der Waals surface area (Å²) in [5.74, 6) is 0.493. The molecule has 2 N–H and O–H groups in total. The van der Waals surface area contributed by atoms with Gasteiger partial charge in [0.15, 0.2) is 5.96 Å². The van der Waals surface area contributed by atoms with Crippen molar-refractivity contribution in [2.24, 2.45) is 10.4 Å². The van der Waals surface area contributed by atoms with Gasteiger partial charge in [0.2, 0.25) is 0 Å². The Balaban J connectivity index is 0.00000420. The van der Waals surface area contributed by atoms with Crippen molar-refractivity contribution in [2.45, 2.75) is 32.9 Å². The number of ether oxygens (including phenoxy) is 2. The molecular weight excluding hydrogens is 486 g/mol. The minimum atomic E-state index is -0.216. The molecular formula is C21H36FIN4O2. The standard InChI is InChI=1S/C21H35FN4O2.HI/c1-21(2,3)19(27-5)15-25-20(23-4)24-14-18(26-9-11-28-12-10-26)16-7-6-8-17(22)13-16;/h6-8,13,18-19H,9-12,14-15H2,1-5H3,(H2,23,24,25);1H. The SMILES string of the molecule is CN=C(NCC(c1cccc(F)c1)N1CCOCC1)NCC(OC)C(C)(C)C.I. The van der Waals surface area contributed by atoms with Crippen LogP contribution in [-0.2, 0) is 9.47 Å². The molecule has 2 atom stereocenters.